The van der Waals surface area contributed by atoms with Crippen LogP contribution in [0.4, 0.5) is 0 Å². The number of thioether (sulfide) groups is 1. The van der Waals surface area contributed by atoms with Gasteiger partial charge in [-0.15, -0.1) is 0 Å². The molecule has 0 aliphatic carbocycles. The second-order valence-electron chi connectivity index (χ2n) is 3.57. The van der Waals surface area contributed by atoms with Crippen LogP contribution >= 0.6 is 11.8 Å². The second-order valence-corrected chi connectivity index (χ2v) is 4.59. The predicted octanol–water partition coefficient (Wildman–Crippen LogP) is 1.23. The Kier molecular flexibility index (Phi) is 7.74. The van der Waals surface area contributed by atoms with E-state index in [-0.39, 0.29) is 34.4 Å². The van der Waals surface area contributed by atoms with E-state index in [0.29, 0.717) is 0 Å². The van der Waals surface area contributed by atoms with Gasteiger partial charge in [-0.25, -0.2) is 9.59 Å². The highest BCUT2D eigenvalue weighted by atomic mass is 32.2. The minimum absolute atomic E-state index is 0.134. The average molecular weight is 288 g/mol. The molecule has 4 N–H and O–H groups in total. The molecule has 0 unspecified atom stereocenters. The molecular formula is C12H20N2O4S. The van der Waals surface area contributed by atoms with Crippen molar-refractivity contribution < 1.29 is 19.1 Å². The molecule has 0 spiro atoms. The van der Waals surface area contributed by atoms with Crippen LogP contribution in [0.2, 0.25) is 0 Å². The first-order valence-electron chi connectivity index (χ1n) is 5.79. The Morgan fingerprint density at radius 2 is 1.21 bits per heavy atom. The summed E-state index contributed by atoms with van der Waals surface area (Å²) in [5.41, 5.74) is 11.8. The summed E-state index contributed by atoms with van der Waals surface area (Å²) in [5, 5.41) is 0. The predicted molar refractivity (Wildman–Crippen MR) is 74.6 cm³/mol. The molecule has 0 aliphatic rings. The summed E-state index contributed by atoms with van der Waals surface area (Å²) in [5.74, 6) is -1.17. The fourth-order valence-corrected chi connectivity index (χ4v) is 1.87. The lowest BCUT2D eigenvalue weighted by Gasteiger charge is -2.11. The molecule has 6 nitrogen and oxygen atoms in total. The molecule has 0 aromatic carbocycles. The van der Waals surface area contributed by atoms with E-state index >= 15 is 0 Å². The molecule has 0 heterocycles. The Labute approximate surface area is 117 Å². The summed E-state index contributed by atoms with van der Waals surface area (Å²) >= 11 is 0.862. The van der Waals surface area contributed by atoms with E-state index in [0.717, 1.165) is 11.8 Å². The number of rotatable bonds is 6. The fourth-order valence-electron chi connectivity index (χ4n) is 1.06. The third-order valence-electron chi connectivity index (χ3n) is 1.84. The number of ether oxygens (including phenoxy) is 2. The fraction of sp³-hybridized carbons (Fsp3) is 0.500. The second kappa shape index (κ2) is 8.47. The zero-order valence-electron chi connectivity index (χ0n) is 11.6. The maximum atomic E-state index is 11.7. The van der Waals surface area contributed by atoms with Gasteiger partial charge in [0.05, 0.1) is 13.2 Å². The molecule has 0 amide bonds. The average Bonchev–Trinajstić information content (AvgIpc) is 2.29. The third-order valence-corrected chi connectivity index (χ3v) is 3.23. The quantitative estimate of drug-likeness (QED) is 0.559. The van der Waals surface area contributed by atoms with Gasteiger partial charge in [-0.3, -0.25) is 0 Å². The first-order chi connectivity index (χ1) is 8.84. The molecule has 7 heteroatoms. The molecule has 0 radical (unpaired) electrons. The van der Waals surface area contributed by atoms with Crippen molar-refractivity contribution in [2.75, 3.05) is 13.2 Å². The van der Waals surface area contributed by atoms with Crippen LogP contribution < -0.4 is 11.5 Å². The molecule has 0 aromatic heterocycles. The highest BCUT2D eigenvalue weighted by Crippen LogP contribution is 2.30. The minimum Gasteiger partial charge on any atom is -0.462 e. The maximum Gasteiger partial charge on any atom is 0.346 e. The van der Waals surface area contributed by atoms with Crippen LogP contribution in [0.25, 0.3) is 0 Å². The molecular weight excluding hydrogens is 268 g/mol. The number of carbonyl (C=O) groups excluding carboxylic acids is 2. The lowest BCUT2D eigenvalue weighted by Crippen LogP contribution is -2.15. The Morgan fingerprint density at radius 1 is 0.895 bits per heavy atom. The van der Waals surface area contributed by atoms with Gasteiger partial charge in [0.15, 0.2) is 0 Å². The van der Waals surface area contributed by atoms with Gasteiger partial charge in [0.25, 0.3) is 0 Å². The first kappa shape index (κ1) is 17.4. The van der Waals surface area contributed by atoms with Gasteiger partial charge in [-0.1, -0.05) is 11.8 Å². The summed E-state index contributed by atoms with van der Waals surface area (Å²) in [4.78, 5) is 23.7. The molecule has 19 heavy (non-hydrogen) atoms. The van der Waals surface area contributed by atoms with Gasteiger partial charge in [-0.2, -0.15) is 0 Å². The lowest BCUT2D eigenvalue weighted by molar-refractivity contribution is -0.138. The van der Waals surface area contributed by atoms with Gasteiger partial charge >= 0.3 is 11.9 Å². The molecule has 0 atom stereocenters. The van der Waals surface area contributed by atoms with E-state index < -0.39 is 11.9 Å². The molecule has 0 bridgehead atoms. The standard InChI is InChI=1S/C12H20N2O4S/c1-5-17-11(15)9(7(3)13)19-10(8(4)14)12(16)18-6-2/h5-6,13-14H2,1-4H3/b9-7-,10-8-. The smallest absolute Gasteiger partial charge is 0.346 e. The third kappa shape index (κ3) is 5.69. The summed E-state index contributed by atoms with van der Waals surface area (Å²) in [6.45, 7) is 6.90. The number of nitrogens with two attached hydrogens (primary N) is 2. The molecule has 0 fully saturated rings. The monoisotopic (exact) mass is 288 g/mol. The summed E-state index contributed by atoms with van der Waals surface area (Å²) in [6, 6.07) is 0. The van der Waals surface area contributed by atoms with Crippen LogP contribution in [0.5, 0.6) is 0 Å². The topological polar surface area (TPSA) is 105 Å². The maximum absolute atomic E-state index is 11.7. The van der Waals surface area contributed by atoms with Crippen LogP contribution in [0.1, 0.15) is 27.7 Å². The van der Waals surface area contributed by atoms with Crippen molar-refractivity contribution in [3.63, 3.8) is 0 Å². The van der Waals surface area contributed by atoms with Crippen molar-refractivity contribution >= 4 is 23.7 Å². The molecule has 0 saturated carbocycles. The Balaban J connectivity index is 5.23. The molecule has 108 valence electrons. The van der Waals surface area contributed by atoms with Crippen molar-refractivity contribution in [1.82, 2.24) is 0 Å². The van der Waals surface area contributed by atoms with E-state index in [4.69, 9.17) is 20.9 Å². The van der Waals surface area contributed by atoms with E-state index in [2.05, 4.69) is 0 Å². The van der Waals surface area contributed by atoms with Crippen molar-refractivity contribution in [1.29, 1.82) is 0 Å². The molecule has 0 rings (SSSR count). The van der Waals surface area contributed by atoms with Crippen LogP contribution in [-0.2, 0) is 19.1 Å². The highest BCUT2D eigenvalue weighted by molar-refractivity contribution is 8.08. The zero-order chi connectivity index (χ0) is 15.0. The van der Waals surface area contributed by atoms with Gasteiger partial charge in [0.2, 0.25) is 0 Å². The largest absolute Gasteiger partial charge is 0.462 e. The van der Waals surface area contributed by atoms with E-state index in [1.165, 1.54) is 0 Å². The van der Waals surface area contributed by atoms with Crippen molar-refractivity contribution in [3.05, 3.63) is 21.2 Å². The number of hydrogen-bond donors (Lipinski definition) is 2. The lowest BCUT2D eigenvalue weighted by atomic mass is 10.4. The van der Waals surface area contributed by atoms with Crippen LogP contribution in [0.3, 0.4) is 0 Å². The molecule has 0 aromatic rings. The van der Waals surface area contributed by atoms with Gasteiger partial charge in [0, 0.05) is 11.4 Å². The number of allylic oxidation sites excluding steroid dienone is 2. The molecule has 0 aliphatic heterocycles. The highest BCUT2D eigenvalue weighted by Gasteiger charge is 2.22. The van der Waals surface area contributed by atoms with E-state index in [9.17, 15) is 9.59 Å². The van der Waals surface area contributed by atoms with Crippen LogP contribution in [-0.4, -0.2) is 25.2 Å². The van der Waals surface area contributed by atoms with Crippen molar-refractivity contribution in [2.24, 2.45) is 11.5 Å². The Hall–Kier alpha value is -1.63. The molecule has 0 saturated heterocycles. The Bertz CT molecular complexity index is 370. The normalized spacial score (nSPS) is 13.3. The Morgan fingerprint density at radius 3 is 1.42 bits per heavy atom. The van der Waals surface area contributed by atoms with Gasteiger partial charge in [-0.05, 0) is 27.7 Å². The van der Waals surface area contributed by atoms with E-state index in [1.807, 2.05) is 0 Å². The number of esters is 2. The summed E-state index contributed by atoms with van der Waals surface area (Å²) in [7, 11) is 0. The van der Waals surface area contributed by atoms with Crippen molar-refractivity contribution in [3.8, 4) is 0 Å². The van der Waals surface area contributed by atoms with E-state index in [1.54, 1.807) is 27.7 Å². The SMILES string of the molecule is CCOC(=O)/C(S/C(C(=O)OCC)=C(/C)N)=C(\C)N. The van der Waals surface area contributed by atoms with Crippen molar-refractivity contribution in [2.45, 2.75) is 27.7 Å². The number of carbonyl (C=O) groups is 2. The van der Waals surface area contributed by atoms with Crippen LogP contribution in [0.15, 0.2) is 21.2 Å². The van der Waals surface area contributed by atoms with Gasteiger partial charge < -0.3 is 20.9 Å². The van der Waals surface area contributed by atoms with Gasteiger partial charge in [0.1, 0.15) is 9.81 Å². The van der Waals surface area contributed by atoms with Crippen LogP contribution in [0, 0.1) is 0 Å². The summed E-state index contributed by atoms with van der Waals surface area (Å²) in [6.07, 6.45) is 0. The summed E-state index contributed by atoms with van der Waals surface area (Å²) < 4.78 is 9.74. The first-order valence-corrected chi connectivity index (χ1v) is 6.61. The minimum atomic E-state index is -0.587. The number of hydrogen-bond acceptors (Lipinski definition) is 7. The zero-order valence-corrected chi connectivity index (χ0v) is 12.4.